The molecule has 0 unspecified atom stereocenters. The minimum absolute atomic E-state index is 0.211. The van der Waals surface area contributed by atoms with E-state index >= 15 is 0 Å². The summed E-state index contributed by atoms with van der Waals surface area (Å²) in [4.78, 5) is 74.3. The van der Waals surface area contributed by atoms with Gasteiger partial charge >= 0.3 is 0 Å². The van der Waals surface area contributed by atoms with Crippen molar-refractivity contribution in [2.24, 2.45) is 48.0 Å². The third-order valence-corrected chi connectivity index (χ3v) is 20.4. The molecule has 0 amide bonds. The molecule has 18 heterocycles. The fourth-order valence-corrected chi connectivity index (χ4v) is 14.4. The summed E-state index contributed by atoms with van der Waals surface area (Å²) in [6.07, 6.45) is 19.3. The van der Waals surface area contributed by atoms with E-state index < -0.39 is 0 Å². The Morgan fingerprint density at radius 3 is 1.13 bits per heavy atom. The molecule has 0 radical (unpaired) electrons. The highest BCUT2D eigenvalue weighted by Crippen LogP contribution is 2.39. The van der Waals surface area contributed by atoms with Crippen molar-refractivity contribution in [1.82, 2.24) is 148 Å². The summed E-state index contributed by atoms with van der Waals surface area (Å²) in [5.41, 5.74) is 64.7. The summed E-state index contributed by atoms with van der Waals surface area (Å²) < 4.78 is 15.4. The number of ether oxygens (including phenoxy) is 1. The Hall–Kier alpha value is -15.3. The molecular weight excluding hydrogens is 1490 g/mol. The number of nitrogens with one attached hydrogen (secondary N) is 2. The second-order valence-electron chi connectivity index (χ2n) is 25.7. The van der Waals surface area contributed by atoms with Crippen LogP contribution in [0.15, 0.2) is 135 Å². The summed E-state index contributed by atoms with van der Waals surface area (Å²) >= 11 is 3.13. The zero-order chi connectivity index (χ0) is 79.9. The highest BCUT2D eigenvalue weighted by atomic mass is 32.1. The highest BCUT2D eigenvalue weighted by Gasteiger charge is 2.23. The van der Waals surface area contributed by atoms with Crippen molar-refractivity contribution in [2.75, 3.05) is 47.2 Å². The monoisotopic (exact) mass is 1560 g/mol. The molecule has 0 bridgehead atoms. The molecule has 2 aromatic carbocycles. The highest BCUT2D eigenvalue weighted by molar-refractivity contribution is 7.15. The molecule has 41 heteroatoms. The molecule has 0 fully saturated rings. The van der Waals surface area contributed by atoms with Crippen LogP contribution in [0, 0.1) is 20.8 Å². The number of aromatic nitrogens is 30. The number of aryl methyl sites for hydroxylation is 9. The number of hydrogen-bond donors (Lipinski definition) is 10. The standard InChI is InChI=1S/2C15H14N6.C11H11N7.C11H12N6S.C11H11N5OS.C10H10N8/c1-8-6-17-11-4-3-9(5-10(8)11)13-12-14(16)18-7-19-15(12)21(2)20-13;1-8-6-17-11-5-9(3-4-10(8)11)13-12-14(16)18-7-19-15(12)21(2)20-13;1-6-13-3-7(4-14-6)9-8-10(12)15-5-16-11(8)18(2)17-9;1-17-11-8(10(13)14-5-15-11)9(16-17)7-3-2-6(4-12)18-7;1-16-11-8(10(12)13-5-14-11)9(15-16)6-3-7(17-2)18-4-6;1-18-9-6(8(11)15-4-16-9)7(17-18)5-2-13-10(12)14-3-5/h2*3-7,17H,1-2H3,(H2,16,18,19);3-5H,1-2H3,(H2,12,15,16);2-3,5H,4,12H2,1H3,(H2,13,14,15);3-5H,1-2H3,(H2,12,13,14);2-4H,1H3,(H2,11,15,16)(H2,12,13,14). The van der Waals surface area contributed by atoms with Crippen LogP contribution >= 0.6 is 22.7 Å². The molecule has 18 N–H and O–H groups in total. The normalized spacial score (nSPS) is 11.2. The largest absolute Gasteiger partial charge is 0.487 e. The molecule has 0 aliphatic heterocycles. The van der Waals surface area contributed by atoms with E-state index in [-0.39, 0.29) is 5.95 Å². The SMILES string of the molecule is COc1cc(-c2nn(C)c3ncnc(N)c23)cs1.Cc1c[nH]c2cc(-c3nn(C)c4ncnc(N)c34)ccc12.Cc1c[nH]c2ccc(-c3nn(C)c4ncnc(N)c34)cc12.Cc1ncc(-c2nn(C)c3ncnc(N)c23)cn1.Cn1nc(-c2ccc(CN)s2)c2c(N)ncnc21.Cn1nc(-c2cnc(N)nc2)c2c(N)ncnc21. The first-order chi connectivity index (χ1) is 55.0. The van der Waals surface area contributed by atoms with Crippen molar-refractivity contribution < 1.29 is 4.74 Å². The Morgan fingerprint density at radius 1 is 0.368 bits per heavy atom. The molecule has 0 aliphatic rings. The van der Waals surface area contributed by atoms with Gasteiger partial charge in [0.2, 0.25) is 5.95 Å². The molecule has 20 aromatic rings. The number of fused-ring (bicyclic) bond motifs is 8. The van der Waals surface area contributed by atoms with Crippen molar-refractivity contribution in [1.29, 1.82) is 0 Å². The van der Waals surface area contributed by atoms with Crippen molar-refractivity contribution in [3.05, 3.63) is 157 Å². The summed E-state index contributed by atoms with van der Waals surface area (Å²) in [6, 6.07) is 18.4. The molecule has 0 spiro atoms. The number of H-pyrrole nitrogens is 2. The van der Waals surface area contributed by atoms with Crippen LogP contribution in [0.25, 0.3) is 155 Å². The molecular formula is C73H72N38OS2. The summed E-state index contributed by atoms with van der Waals surface area (Å²) in [7, 11) is 12.6. The minimum Gasteiger partial charge on any atom is -0.487 e. The molecule has 0 atom stereocenters. The zero-order valence-corrected chi connectivity index (χ0v) is 64.4. The number of nitrogen functional groups attached to an aromatic ring is 7. The maximum Gasteiger partial charge on any atom is 0.219 e. The van der Waals surface area contributed by atoms with Gasteiger partial charge in [0.25, 0.3) is 0 Å². The van der Waals surface area contributed by atoms with E-state index in [2.05, 4.69) is 164 Å². The van der Waals surface area contributed by atoms with Crippen molar-refractivity contribution >= 4 is 152 Å². The van der Waals surface area contributed by atoms with E-state index in [9.17, 15) is 0 Å². The summed E-state index contributed by atoms with van der Waals surface area (Å²) in [5, 5.41) is 36.6. The number of rotatable bonds is 8. The number of benzene rings is 2. The number of thiophene rings is 2. The van der Waals surface area contributed by atoms with Gasteiger partial charge in [-0.2, -0.15) is 30.6 Å². The van der Waals surface area contributed by atoms with Gasteiger partial charge in [0.1, 0.15) is 113 Å². The van der Waals surface area contributed by atoms with Crippen LogP contribution in [0.5, 0.6) is 5.06 Å². The van der Waals surface area contributed by atoms with Gasteiger partial charge in [-0.05, 0) is 62.2 Å². The van der Waals surface area contributed by atoms with Gasteiger partial charge in [0.15, 0.2) is 38.9 Å². The zero-order valence-electron chi connectivity index (χ0n) is 62.8. The molecule has 20 rings (SSSR count). The van der Waals surface area contributed by atoms with Gasteiger partial charge in [0.05, 0.1) is 44.3 Å². The third kappa shape index (κ3) is 14.1. The molecule has 0 saturated carbocycles. The second-order valence-corrected chi connectivity index (χ2v) is 27.8. The number of nitrogens with zero attached hydrogens (tertiary/aromatic N) is 28. The van der Waals surface area contributed by atoms with E-state index in [1.54, 1.807) is 78.4 Å². The molecule has 0 saturated heterocycles. The Kier molecular flexibility index (Phi) is 20.0. The first kappa shape index (κ1) is 74.2. The van der Waals surface area contributed by atoms with Crippen molar-refractivity contribution in [3.63, 3.8) is 0 Å². The molecule has 39 nitrogen and oxygen atoms in total. The van der Waals surface area contributed by atoms with Crippen LogP contribution in [0.1, 0.15) is 21.8 Å². The van der Waals surface area contributed by atoms with Crippen LogP contribution in [0.2, 0.25) is 0 Å². The van der Waals surface area contributed by atoms with Crippen LogP contribution < -0.4 is 50.6 Å². The van der Waals surface area contributed by atoms with Crippen LogP contribution in [0.3, 0.4) is 0 Å². The fraction of sp³-hybridized carbons (Fsp3) is 0.151. The fourth-order valence-electron chi connectivity index (χ4n) is 12.8. The quantitative estimate of drug-likeness (QED) is 0.0683. The lowest BCUT2D eigenvalue weighted by Crippen LogP contribution is -1.95. The maximum absolute atomic E-state index is 6.02. The van der Waals surface area contributed by atoms with E-state index in [0.29, 0.717) is 75.3 Å². The minimum atomic E-state index is 0.211. The lowest BCUT2D eigenvalue weighted by Gasteiger charge is -2.01. The van der Waals surface area contributed by atoms with Crippen molar-refractivity contribution in [2.45, 2.75) is 27.3 Å². The van der Waals surface area contributed by atoms with Crippen LogP contribution in [0.4, 0.5) is 40.9 Å². The Labute approximate surface area is 652 Å². The van der Waals surface area contributed by atoms with Gasteiger partial charge < -0.3 is 60.6 Å². The van der Waals surface area contributed by atoms with Gasteiger partial charge in [-0.15, -0.1) is 22.7 Å². The molecule has 18 aromatic heterocycles. The smallest absolute Gasteiger partial charge is 0.219 e. The van der Waals surface area contributed by atoms with E-state index in [0.717, 1.165) is 126 Å². The van der Waals surface area contributed by atoms with Gasteiger partial charge in [-0.1, -0.05) is 18.2 Å². The molecule has 572 valence electrons. The van der Waals surface area contributed by atoms with E-state index in [1.807, 2.05) is 84.2 Å². The predicted octanol–water partition coefficient (Wildman–Crippen LogP) is 8.32. The number of anilines is 7. The maximum atomic E-state index is 6.02. The summed E-state index contributed by atoms with van der Waals surface area (Å²) in [6.45, 7) is 6.52. The topological polar surface area (TPSA) is 562 Å². The number of hydrogen-bond acceptors (Lipinski definition) is 33. The average molecular weight is 1560 g/mol. The number of aromatic amines is 2. The summed E-state index contributed by atoms with van der Waals surface area (Å²) in [5.74, 6) is 3.49. The molecule has 0 aliphatic carbocycles. The Bertz CT molecular complexity index is 6700. The second kappa shape index (κ2) is 30.7. The van der Waals surface area contributed by atoms with Gasteiger partial charge in [0, 0.05) is 152 Å². The van der Waals surface area contributed by atoms with Crippen LogP contribution in [-0.4, -0.2) is 156 Å². The Morgan fingerprint density at radius 2 is 0.728 bits per heavy atom. The first-order valence-corrected chi connectivity index (χ1v) is 36.3. The first-order valence-electron chi connectivity index (χ1n) is 34.6. The van der Waals surface area contributed by atoms with E-state index in [4.69, 9.17) is 50.6 Å². The van der Waals surface area contributed by atoms with Gasteiger partial charge in [-0.3, -0.25) is 0 Å². The average Bonchev–Trinajstić information content (AvgIpc) is 1.64. The number of nitrogens with two attached hydrogens (primary N) is 8. The third-order valence-electron chi connectivity index (χ3n) is 18.4. The van der Waals surface area contributed by atoms with Gasteiger partial charge in [-0.25, -0.2) is 108 Å². The number of methoxy groups -OCH3 is 1. The molecule has 114 heavy (non-hydrogen) atoms. The van der Waals surface area contributed by atoms with E-state index in [1.165, 1.54) is 71.2 Å². The predicted molar refractivity (Wildman–Crippen MR) is 441 cm³/mol. The van der Waals surface area contributed by atoms with Crippen LogP contribution in [-0.2, 0) is 48.8 Å². The lowest BCUT2D eigenvalue weighted by atomic mass is 10.1. The van der Waals surface area contributed by atoms with Crippen molar-refractivity contribution in [3.8, 4) is 71.9 Å². The Balaban J connectivity index is 0.000000108. The lowest BCUT2D eigenvalue weighted by molar-refractivity contribution is 0.427.